The highest BCUT2D eigenvalue weighted by atomic mass is 16.5. The van der Waals surface area contributed by atoms with Crippen LogP contribution >= 0.6 is 0 Å². The molecule has 0 aromatic carbocycles. The van der Waals surface area contributed by atoms with Crippen LogP contribution in [-0.4, -0.2) is 29.0 Å². The summed E-state index contributed by atoms with van der Waals surface area (Å²) < 4.78 is 8.52. The summed E-state index contributed by atoms with van der Waals surface area (Å²) in [5, 5.41) is 8.11. The van der Waals surface area contributed by atoms with E-state index in [1.807, 2.05) is 7.05 Å². The Morgan fingerprint density at radius 2 is 2.05 bits per heavy atom. The molecule has 1 aliphatic heterocycles. The van der Waals surface area contributed by atoms with Crippen molar-refractivity contribution >= 4 is 0 Å². The van der Waals surface area contributed by atoms with Crippen LogP contribution in [0.5, 0.6) is 0 Å². The molecule has 21 heavy (non-hydrogen) atoms. The Hall–Kier alpha value is -0.870. The Bertz CT molecular complexity index is 483. The van der Waals surface area contributed by atoms with Crippen molar-refractivity contribution in [2.45, 2.75) is 77.0 Å². The van der Waals surface area contributed by atoms with Gasteiger partial charge in [0.2, 0.25) is 0 Å². The molecule has 1 N–H and O–H groups in total. The van der Waals surface area contributed by atoms with Crippen molar-refractivity contribution in [1.82, 2.24) is 15.1 Å². The van der Waals surface area contributed by atoms with Crippen molar-refractivity contribution in [3.63, 3.8) is 0 Å². The van der Waals surface area contributed by atoms with E-state index in [-0.39, 0.29) is 5.60 Å². The molecule has 0 amide bonds. The summed E-state index contributed by atoms with van der Waals surface area (Å²) in [7, 11) is 2.00. The van der Waals surface area contributed by atoms with Gasteiger partial charge in [0.25, 0.3) is 0 Å². The van der Waals surface area contributed by atoms with Gasteiger partial charge in [-0.05, 0) is 46.6 Å². The molecule has 1 spiro atoms. The molecule has 2 aliphatic rings. The minimum absolute atomic E-state index is 0.149. The van der Waals surface area contributed by atoms with Gasteiger partial charge in [0.15, 0.2) is 0 Å². The Morgan fingerprint density at radius 1 is 1.29 bits per heavy atom. The maximum absolute atomic E-state index is 6.23. The maximum Gasteiger partial charge on any atom is 0.0703 e. The molecule has 0 radical (unpaired) electrons. The third-order valence-electron chi connectivity index (χ3n) is 5.41. The fraction of sp³-hybridized carbons (Fsp3) is 0.824. The predicted octanol–water partition coefficient (Wildman–Crippen LogP) is 3.27. The van der Waals surface area contributed by atoms with E-state index in [9.17, 15) is 0 Å². The topological polar surface area (TPSA) is 39.1 Å². The largest absolute Gasteiger partial charge is 0.375 e. The highest BCUT2D eigenvalue weighted by Crippen LogP contribution is 2.42. The number of aryl methyl sites for hydroxylation is 1. The molecule has 4 heteroatoms. The van der Waals surface area contributed by atoms with Gasteiger partial charge in [0.1, 0.15) is 0 Å². The molecule has 1 atom stereocenters. The number of hydrogen-bond donors (Lipinski definition) is 1. The highest BCUT2D eigenvalue weighted by molar-refractivity contribution is 5.25. The SMILES string of the molecule is CNCc1c(C)nn(C2CCOC3(CCCCC3)C2)c1C. The molecule has 0 bridgehead atoms. The molecular weight excluding hydrogens is 262 g/mol. The second-order valence-electron chi connectivity index (χ2n) is 6.86. The monoisotopic (exact) mass is 291 g/mol. The summed E-state index contributed by atoms with van der Waals surface area (Å²) in [4.78, 5) is 0. The van der Waals surface area contributed by atoms with E-state index in [1.54, 1.807) is 0 Å². The van der Waals surface area contributed by atoms with E-state index >= 15 is 0 Å². The van der Waals surface area contributed by atoms with Gasteiger partial charge in [-0.3, -0.25) is 4.68 Å². The van der Waals surface area contributed by atoms with Crippen LogP contribution in [0.1, 0.15) is 67.9 Å². The smallest absolute Gasteiger partial charge is 0.0703 e. The highest BCUT2D eigenvalue weighted by Gasteiger charge is 2.39. The zero-order valence-corrected chi connectivity index (χ0v) is 13.7. The first-order valence-corrected chi connectivity index (χ1v) is 8.48. The lowest BCUT2D eigenvalue weighted by molar-refractivity contribution is -0.115. The van der Waals surface area contributed by atoms with E-state index in [0.717, 1.165) is 26.0 Å². The lowest BCUT2D eigenvalue weighted by Gasteiger charge is -2.43. The van der Waals surface area contributed by atoms with Crippen molar-refractivity contribution in [1.29, 1.82) is 0 Å². The minimum atomic E-state index is 0.149. The van der Waals surface area contributed by atoms with Crippen molar-refractivity contribution in [2.24, 2.45) is 0 Å². The Kier molecular flexibility index (Phi) is 4.36. The molecule has 3 rings (SSSR count). The molecule has 1 aromatic heterocycles. The van der Waals surface area contributed by atoms with Crippen LogP contribution in [0, 0.1) is 13.8 Å². The molecule has 118 valence electrons. The molecule has 4 nitrogen and oxygen atoms in total. The number of hydrogen-bond acceptors (Lipinski definition) is 3. The molecule has 2 heterocycles. The van der Waals surface area contributed by atoms with Gasteiger partial charge in [-0.15, -0.1) is 0 Å². The average Bonchev–Trinajstić information content (AvgIpc) is 2.77. The average molecular weight is 291 g/mol. The van der Waals surface area contributed by atoms with Gasteiger partial charge in [0.05, 0.1) is 17.3 Å². The standard InChI is InChI=1S/C17H29N3O/c1-13-16(12-18-3)14(2)20(19-13)15-7-10-21-17(11-15)8-5-4-6-9-17/h15,18H,4-12H2,1-3H3. The fourth-order valence-corrected chi connectivity index (χ4v) is 4.24. The second-order valence-corrected chi connectivity index (χ2v) is 6.86. The summed E-state index contributed by atoms with van der Waals surface area (Å²) in [6.45, 7) is 6.15. The van der Waals surface area contributed by atoms with Crippen molar-refractivity contribution in [2.75, 3.05) is 13.7 Å². The third kappa shape index (κ3) is 2.88. The Balaban J connectivity index is 1.81. The van der Waals surface area contributed by atoms with Crippen LogP contribution in [0.4, 0.5) is 0 Å². The van der Waals surface area contributed by atoms with Crippen molar-refractivity contribution < 1.29 is 4.74 Å². The second kappa shape index (κ2) is 6.09. The van der Waals surface area contributed by atoms with Crippen LogP contribution in [0.3, 0.4) is 0 Å². The summed E-state index contributed by atoms with van der Waals surface area (Å²) in [5.41, 5.74) is 4.02. The van der Waals surface area contributed by atoms with E-state index in [4.69, 9.17) is 9.84 Å². The lowest BCUT2D eigenvalue weighted by Crippen LogP contribution is -2.42. The van der Waals surface area contributed by atoms with Crippen molar-refractivity contribution in [3.05, 3.63) is 17.0 Å². The zero-order chi connectivity index (χ0) is 14.9. The van der Waals surface area contributed by atoms with Gasteiger partial charge in [-0.25, -0.2) is 0 Å². The number of rotatable bonds is 3. The molecule has 1 saturated carbocycles. The third-order valence-corrected chi connectivity index (χ3v) is 5.41. The number of nitrogens with zero attached hydrogens (tertiary/aromatic N) is 2. The summed E-state index contributed by atoms with van der Waals surface area (Å²) in [5.74, 6) is 0. The number of aromatic nitrogens is 2. The fourth-order valence-electron chi connectivity index (χ4n) is 4.24. The lowest BCUT2D eigenvalue weighted by atomic mass is 9.78. The normalized spacial score (nSPS) is 25.4. The van der Waals surface area contributed by atoms with Crippen LogP contribution in [0.25, 0.3) is 0 Å². The van der Waals surface area contributed by atoms with Crippen molar-refractivity contribution in [3.8, 4) is 0 Å². The molecule has 1 aromatic rings. The first kappa shape index (κ1) is 15.0. The van der Waals surface area contributed by atoms with Gasteiger partial charge < -0.3 is 10.1 Å². The van der Waals surface area contributed by atoms with Crippen LogP contribution < -0.4 is 5.32 Å². The van der Waals surface area contributed by atoms with Gasteiger partial charge in [-0.2, -0.15) is 5.10 Å². The molecule has 1 aliphatic carbocycles. The minimum Gasteiger partial charge on any atom is -0.375 e. The molecule has 1 unspecified atom stereocenters. The first-order valence-electron chi connectivity index (χ1n) is 8.48. The van der Waals surface area contributed by atoms with Gasteiger partial charge >= 0.3 is 0 Å². The Morgan fingerprint density at radius 3 is 2.76 bits per heavy atom. The predicted molar refractivity (Wildman–Crippen MR) is 84.5 cm³/mol. The van der Waals surface area contributed by atoms with E-state index in [0.29, 0.717) is 6.04 Å². The first-order chi connectivity index (χ1) is 10.2. The maximum atomic E-state index is 6.23. The van der Waals surface area contributed by atoms with E-state index < -0.39 is 0 Å². The molecule has 1 saturated heterocycles. The molecular formula is C17H29N3O. The summed E-state index contributed by atoms with van der Waals surface area (Å²) in [6, 6.07) is 0.515. The molecule has 2 fully saturated rings. The van der Waals surface area contributed by atoms with Crippen LogP contribution in [0.2, 0.25) is 0 Å². The van der Waals surface area contributed by atoms with Crippen LogP contribution in [0.15, 0.2) is 0 Å². The number of ether oxygens (including phenoxy) is 1. The van der Waals surface area contributed by atoms with Crippen LogP contribution in [-0.2, 0) is 11.3 Å². The summed E-state index contributed by atoms with van der Waals surface area (Å²) in [6.07, 6.45) is 8.76. The van der Waals surface area contributed by atoms with E-state index in [1.165, 1.54) is 49.1 Å². The number of nitrogens with one attached hydrogen (secondary N) is 1. The zero-order valence-electron chi connectivity index (χ0n) is 13.7. The van der Waals surface area contributed by atoms with Gasteiger partial charge in [-0.1, -0.05) is 19.3 Å². The summed E-state index contributed by atoms with van der Waals surface area (Å²) >= 11 is 0. The van der Waals surface area contributed by atoms with E-state index in [2.05, 4.69) is 23.8 Å². The van der Waals surface area contributed by atoms with Gasteiger partial charge in [0, 0.05) is 24.4 Å². The Labute approximate surface area is 128 Å². The quantitative estimate of drug-likeness (QED) is 0.929.